The van der Waals surface area contributed by atoms with Crippen molar-refractivity contribution >= 4 is 5.69 Å². The zero-order valence-corrected chi connectivity index (χ0v) is 12.4. The van der Waals surface area contributed by atoms with E-state index < -0.39 is 4.92 Å². The number of aliphatic hydroxyl groups is 1. The molecule has 3 rings (SSSR count). The van der Waals surface area contributed by atoms with Crippen molar-refractivity contribution in [3.63, 3.8) is 0 Å². The number of hydrogen-bond acceptors (Lipinski definition) is 5. The lowest BCUT2D eigenvalue weighted by Crippen LogP contribution is -2.01. The highest BCUT2D eigenvalue weighted by Gasteiger charge is 2.21. The van der Waals surface area contributed by atoms with Crippen molar-refractivity contribution in [2.24, 2.45) is 7.05 Å². The smallest absolute Gasteiger partial charge is 0.270 e. The fourth-order valence-electron chi connectivity index (χ4n) is 2.53. The lowest BCUT2D eigenvalue weighted by molar-refractivity contribution is -0.384. The zero-order chi connectivity index (χ0) is 16.4. The maximum atomic E-state index is 11.2. The number of hydrogen-bond donors (Lipinski definition) is 1. The number of nitro benzene ring substituents is 1. The van der Waals surface area contributed by atoms with E-state index in [-0.39, 0.29) is 12.3 Å². The minimum absolute atomic E-state index is 0.0705. The van der Waals surface area contributed by atoms with Crippen LogP contribution < -0.4 is 0 Å². The number of nitro groups is 1. The van der Waals surface area contributed by atoms with Gasteiger partial charge in [0.15, 0.2) is 5.82 Å². The minimum Gasteiger partial charge on any atom is -0.392 e. The summed E-state index contributed by atoms with van der Waals surface area (Å²) in [4.78, 5) is 10.7. The topological polar surface area (TPSA) is 94.1 Å². The van der Waals surface area contributed by atoms with Gasteiger partial charge >= 0.3 is 0 Å². The van der Waals surface area contributed by atoms with E-state index in [1.807, 2.05) is 30.3 Å². The minimum atomic E-state index is -0.466. The predicted molar refractivity (Wildman–Crippen MR) is 84.5 cm³/mol. The Bertz CT molecular complexity index is 859. The second-order valence-corrected chi connectivity index (χ2v) is 5.07. The Kier molecular flexibility index (Phi) is 3.86. The molecular weight excluding hydrogens is 296 g/mol. The summed E-state index contributed by atoms with van der Waals surface area (Å²) in [6, 6.07) is 12.2. The van der Waals surface area contributed by atoms with Gasteiger partial charge in [-0.1, -0.05) is 30.3 Å². The van der Waals surface area contributed by atoms with Crippen LogP contribution in [0.4, 0.5) is 5.69 Å². The van der Waals surface area contributed by atoms with Crippen LogP contribution in [0.5, 0.6) is 0 Å². The Morgan fingerprint density at radius 2 is 2.00 bits per heavy atom. The summed E-state index contributed by atoms with van der Waals surface area (Å²) < 4.78 is 1.72. The van der Waals surface area contributed by atoms with Gasteiger partial charge in [-0.15, -0.1) is 10.2 Å². The van der Waals surface area contributed by atoms with Gasteiger partial charge in [0.2, 0.25) is 0 Å². The molecule has 0 amide bonds. The number of aryl methyl sites for hydroxylation is 1. The van der Waals surface area contributed by atoms with Gasteiger partial charge < -0.3 is 9.67 Å². The molecule has 0 aliphatic carbocycles. The van der Waals surface area contributed by atoms with E-state index in [1.165, 1.54) is 12.1 Å². The first kappa shape index (κ1) is 14.9. The Labute approximate surface area is 132 Å². The van der Waals surface area contributed by atoms with Gasteiger partial charge in [-0.3, -0.25) is 10.1 Å². The maximum absolute atomic E-state index is 11.2. The quantitative estimate of drug-likeness (QED) is 0.590. The Morgan fingerprint density at radius 3 is 2.57 bits per heavy atom. The molecule has 7 heteroatoms. The van der Waals surface area contributed by atoms with Crippen LogP contribution in [-0.2, 0) is 13.7 Å². The monoisotopic (exact) mass is 310 g/mol. The second kappa shape index (κ2) is 5.98. The van der Waals surface area contributed by atoms with Crippen LogP contribution in [0.1, 0.15) is 5.56 Å². The summed E-state index contributed by atoms with van der Waals surface area (Å²) in [5, 5.41) is 28.9. The number of aromatic nitrogens is 3. The molecule has 0 radical (unpaired) electrons. The molecule has 2 aromatic carbocycles. The van der Waals surface area contributed by atoms with E-state index in [2.05, 4.69) is 10.2 Å². The van der Waals surface area contributed by atoms with Gasteiger partial charge in [0.25, 0.3) is 5.69 Å². The number of aliphatic hydroxyl groups excluding tert-OH is 1. The van der Waals surface area contributed by atoms with Crippen LogP contribution in [0.15, 0.2) is 48.8 Å². The van der Waals surface area contributed by atoms with Crippen molar-refractivity contribution in [3.8, 4) is 22.5 Å². The lowest BCUT2D eigenvalue weighted by Gasteiger charge is -2.13. The zero-order valence-electron chi connectivity index (χ0n) is 12.4. The first-order valence-corrected chi connectivity index (χ1v) is 6.93. The third kappa shape index (κ3) is 2.69. The van der Waals surface area contributed by atoms with E-state index in [9.17, 15) is 15.2 Å². The van der Waals surface area contributed by atoms with Crippen LogP contribution in [-0.4, -0.2) is 24.8 Å². The lowest BCUT2D eigenvalue weighted by atomic mass is 9.94. The second-order valence-electron chi connectivity index (χ2n) is 5.07. The first-order chi connectivity index (χ1) is 11.1. The number of non-ortho nitro benzene ring substituents is 1. The average molecular weight is 310 g/mol. The van der Waals surface area contributed by atoms with E-state index in [4.69, 9.17) is 0 Å². The molecule has 0 unspecified atom stereocenters. The number of rotatable bonds is 4. The van der Waals surface area contributed by atoms with Crippen LogP contribution in [0.3, 0.4) is 0 Å². The van der Waals surface area contributed by atoms with Crippen molar-refractivity contribution in [3.05, 3.63) is 64.5 Å². The third-order valence-electron chi connectivity index (χ3n) is 3.61. The molecule has 0 fully saturated rings. The van der Waals surface area contributed by atoms with E-state index in [0.717, 1.165) is 5.56 Å². The number of benzene rings is 2. The molecule has 7 nitrogen and oxygen atoms in total. The van der Waals surface area contributed by atoms with Gasteiger partial charge in [-0.2, -0.15) is 0 Å². The molecular formula is C16H14N4O3. The molecule has 0 bridgehead atoms. The van der Waals surface area contributed by atoms with Gasteiger partial charge in [0.05, 0.1) is 11.5 Å². The summed E-state index contributed by atoms with van der Waals surface area (Å²) >= 11 is 0. The van der Waals surface area contributed by atoms with Crippen molar-refractivity contribution < 1.29 is 10.0 Å². The van der Waals surface area contributed by atoms with Crippen molar-refractivity contribution in [1.29, 1.82) is 0 Å². The van der Waals surface area contributed by atoms with Crippen molar-refractivity contribution in [1.82, 2.24) is 14.8 Å². The van der Waals surface area contributed by atoms with Gasteiger partial charge in [0, 0.05) is 24.7 Å². The third-order valence-corrected chi connectivity index (χ3v) is 3.61. The van der Waals surface area contributed by atoms with Crippen LogP contribution in [0, 0.1) is 10.1 Å². The molecule has 23 heavy (non-hydrogen) atoms. The Hall–Kier alpha value is -3.06. The van der Waals surface area contributed by atoms with Gasteiger partial charge in [-0.25, -0.2) is 0 Å². The summed E-state index contributed by atoms with van der Waals surface area (Å²) in [7, 11) is 1.78. The van der Waals surface area contributed by atoms with Gasteiger partial charge in [0.1, 0.15) is 6.33 Å². The number of nitrogens with zero attached hydrogens (tertiary/aromatic N) is 4. The molecule has 0 saturated carbocycles. The van der Waals surface area contributed by atoms with Crippen LogP contribution in [0.25, 0.3) is 22.5 Å². The molecule has 1 heterocycles. The molecule has 1 N–H and O–H groups in total. The van der Waals surface area contributed by atoms with Gasteiger partial charge in [-0.05, 0) is 16.7 Å². The molecule has 116 valence electrons. The highest BCUT2D eigenvalue weighted by molar-refractivity contribution is 5.84. The summed E-state index contributed by atoms with van der Waals surface area (Å²) in [5.41, 5.74) is 2.46. The molecule has 1 aromatic heterocycles. The SMILES string of the molecule is Cn1cnnc1-c1c(CO)cc([N+](=O)[O-])cc1-c1ccccc1. The fraction of sp³-hybridized carbons (Fsp3) is 0.125. The molecule has 3 aromatic rings. The average Bonchev–Trinajstić information content (AvgIpc) is 3.00. The summed E-state index contributed by atoms with van der Waals surface area (Å²) in [6.45, 7) is -0.330. The van der Waals surface area contributed by atoms with E-state index in [1.54, 1.807) is 17.9 Å². The van der Waals surface area contributed by atoms with E-state index >= 15 is 0 Å². The van der Waals surface area contributed by atoms with Crippen molar-refractivity contribution in [2.75, 3.05) is 0 Å². The molecule has 0 spiro atoms. The highest BCUT2D eigenvalue weighted by Crippen LogP contribution is 2.37. The molecule has 0 atom stereocenters. The summed E-state index contributed by atoms with van der Waals surface area (Å²) in [5.74, 6) is 0.544. The maximum Gasteiger partial charge on any atom is 0.270 e. The van der Waals surface area contributed by atoms with Crippen LogP contribution >= 0.6 is 0 Å². The largest absolute Gasteiger partial charge is 0.392 e. The Balaban J connectivity index is 2.36. The Morgan fingerprint density at radius 1 is 1.26 bits per heavy atom. The molecule has 0 saturated heterocycles. The molecule has 0 aliphatic rings. The molecule has 0 aliphatic heterocycles. The van der Waals surface area contributed by atoms with E-state index in [0.29, 0.717) is 22.5 Å². The summed E-state index contributed by atoms with van der Waals surface area (Å²) in [6.07, 6.45) is 1.55. The highest BCUT2D eigenvalue weighted by atomic mass is 16.6. The standard InChI is InChI=1S/C16H14N4O3/c1-19-10-17-18-16(19)15-12(9-21)7-13(20(22)23)8-14(15)11-5-3-2-4-6-11/h2-8,10,21H,9H2,1H3. The normalized spacial score (nSPS) is 10.7. The predicted octanol–water partition coefficient (Wildman–Crippen LogP) is 2.55. The fourth-order valence-corrected chi connectivity index (χ4v) is 2.53. The van der Waals surface area contributed by atoms with Crippen LogP contribution in [0.2, 0.25) is 0 Å². The van der Waals surface area contributed by atoms with Crippen molar-refractivity contribution in [2.45, 2.75) is 6.61 Å². The first-order valence-electron chi connectivity index (χ1n) is 6.93.